The van der Waals surface area contributed by atoms with Gasteiger partial charge >= 0.3 is 0 Å². The molecular formula is C56H34N4. The highest BCUT2D eigenvalue weighted by Crippen LogP contribution is 2.40. The van der Waals surface area contributed by atoms with Gasteiger partial charge in [-0.05, 0) is 129 Å². The first-order valence-corrected chi connectivity index (χ1v) is 20.0. The van der Waals surface area contributed by atoms with Crippen molar-refractivity contribution in [3.8, 4) is 62.0 Å². The van der Waals surface area contributed by atoms with E-state index >= 15 is 0 Å². The van der Waals surface area contributed by atoms with E-state index in [-0.39, 0.29) is 0 Å². The number of hydrogen-bond acceptors (Lipinski definition) is 1. The van der Waals surface area contributed by atoms with Gasteiger partial charge in [-0.15, -0.1) is 0 Å². The van der Waals surface area contributed by atoms with Crippen LogP contribution < -0.4 is 0 Å². The van der Waals surface area contributed by atoms with Crippen molar-refractivity contribution in [2.24, 2.45) is 0 Å². The van der Waals surface area contributed by atoms with E-state index in [4.69, 9.17) is 6.57 Å². The molecule has 11 rings (SSSR count). The van der Waals surface area contributed by atoms with Crippen LogP contribution in [-0.2, 0) is 0 Å². The zero-order valence-electron chi connectivity index (χ0n) is 32.4. The van der Waals surface area contributed by atoms with Crippen molar-refractivity contribution in [3.63, 3.8) is 0 Å². The normalized spacial score (nSPS) is 11.3. The van der Waals surface area contributed by atoms with Gasteiger partial charge < -0.3 is 9.13 Å². The first-order chi connectivity index (χ1) is 29.6. The van der Waals surface area contributed by atoms with E-state index in [1.807, 2.05) is 48.5 Å². The third-order valence-electron chi connectivity index (χ3n) is 11.8. The number of rotatable bonds is 6. The molecule has 0 unspecified atom stereocenters. The number of aromatic nitrogens is 2. The Labute approximate surface area is 347 Å². The van der Waals surface area contributed by atoms with Crippen LogP contribution in [0.3, 0.4) is 0 Å². The van der Waals surface area contributed by atoms with Crippen molar-refractivity contribution in [3.05, 3.63) is 223 Å². The smallest absolute Gasteiger partial charge is 0.187 e. The summed E-state index contributed by atoms with van der Waals surface area (Å²) in [5.74, 6) is 0. The molecule has 0 aliphatic heterocycles. The summed E-state index contributed by atoms with van der Waals surface area (Å²) in [6.45, 7) is 7.39. The molecule has 11 aromatic rings. The van der Waals surface area contributed by atoms with Crippen LogP contribution in [0.4, 0.5) is 5.69 Å². The van der Waals surface area contributed by atoms with Crippen LogP contribution in [0, 0.1) is 17.9 Å². The summed E-state index contributed by atoms with van der Waals surface area (Å²) in [6.07, 6.45) is 0. The second-order valence-electron chi connectivity index (χ2n) is 15.2. The van der Waals surface area contributed by atoms with E-state index in [0.717, 1.165) is 77.9 Å². The minimum Gasteiger partial charge on any atom is -0.309 e. The van der Waals surface area contributed by atoms with Crippen molar-refractivity contribution >= 4 is 49.3 Å². The van der Waals surface area contributed by atoms with E-state index in [0.29, 0.717) is 11.3 Å². The molecule has 9 aromatic carbocycles. The van der Waals surface area contributed by atoms with Gasteiger partial charge in [0.05, 0.1) is 40.3 Å². The van der Waals surface area contributed by atoms with Crippen LogP contribution in [0.1, 0.15) is 5.56 Å². The molecule has 60 heavy (non-hydrogen) atoms. The van der Waals surface area contributed by atoms with Crippen molar-refractivity contribution < 1.29 is 0 Å². The molecule has 0 N–H and O–H groups in total. The highest BCUT2D eigenvalue weighted by Gasteiger charge is 2.17. The average molecular weight is 763 g/mol. The Kier molecular flexibility index (Phi) is 8.22. The Morgan fingerprint density at radius 3 is 0.967 bits per heavy atom. The standard InChI is InChI=1S/C56H34N4/c1-58-46-26-20-41(21-27-46)45-25-31-56-52(35-45)51-34-44(24-30-55(51)60(56)48-10-6-3-7-11-48)40-18-16-39(17-19-40)43-23-29-54-50(33-43)49-32-42(38-14-12-37(36-57)13-15-38)22-28-53(49)59(54)47-8-4-2-5-9-47/h2-35H. The van der Waals surface area contributed by atoms with Crippen LogP contribution in [0.15, 0.2) is 206 Å². The molecule has 2 aromatic heterocycles. The number of benzene rings is 9. The second kappa shape index (κ2) is 14.2. The fraction of sp³-hybridized carbons (Fsp3) is 0. The van der Waals surface area contributed by atoms with Gasteiger partial charge in [-0.25, -0.2) is 4.85 Å². The Morgan fingerprint density at radius 1 is 0.350 bits per heavy atom. The number of nitrogens with zero attached hydrogens (tertiary/aromatic N) is 4. The molecule has 0 saturated carbocycles. The van der Waals surface area contributed by atoms with E-state index in [9.17, 15) is 5.26 Å². The summed E-state index contributed by atoms with van der Waals surface area (Å²) >= 11 is 0. The Morgan fingerprint density at radius 2 is 0.650 bits per heavy atom. The predicted octanol–water partition coefficient (Wildman–Crippen LogP) is 15.0. The van der Waals surface area contributed by atoms with Gasteiger partial charge in [0.2, 0.25) is 0 Å². The van der Waals surface area contributed by atoms with E-state index in [1.165, 1.54) is 21.5 Å². The minimum atomic E-state index is 0.641. The maximum absolute atomic E-state index is 9.37. The Bertz CT molecular complexity index is 3270. The van der Waals surface area contributed by atoms with Gasteiger partial charge in [0.15, 0.2) is 5.69 Å². The molecule has 0 aliphatic carbocycles. The van der Waals surface area contributed by atoms with Crippen LogP contribution in [0.2, 0.25) is 0 Å². The average Bonchev–Trinajstić information content (AvgIpc) is 3.83. The summed E-state index contributed by atoms with van der Waals surface area (Å²) in [4.78, 5) is 3.58. The van der Waals surface area contributed by atoms with E-state index < -0.39 is 0 Å². The van der Waals surface area contributed by atoms with Crippen LogP contribution in [0.5, 0.6) is 0 Å². The molecule has 4 nitrogen and oxygen atoms in total. The summed E-state index contributed by atoms with van der Waals surface area (Å²) in [5.41, 5.74) is 17.2. The van der Waals surface area contributed by atoms with Gasteiger partial charge in [0.1, 0.15) is 0 Å². The van der Waals surface area contributed by atoms with Gasteiger partial charge in [0, 0.05) is 32.9 Å². The second-order valence-corrected chi connectivity index (χ2v) is 15.2. The minimum absolute atomic E-state index is 0.641. The first-order valence-electron chi connectivity index (χ1n) is 20.0. The SMILES string of the molecule is [C-]#[N+]c1ccc(-c2ccc3c(c2)c2cc(-c4ccc(-c5ccc6c(c5)c5cc(-c7ccc(C#N)cc7)ccc5n6-c5ccccc5)cc4)ccc2n3-c2ccccc2)cc1. The lowest BCUT2D eigenvalue weighted by Gasteiger charge is -2.09. The van der Waals surface area contributed by atoms with Crippen LogP contribution >= 0.6 is 0 Å². The van der Waals surface area contributed by atoms with Crippen molar-refractivity contribution in [1.82, 2.24) is 9.13 Å². The van der Waals surface area contributed by atoms with Crippen LogP contribution in [0.25, 0.3) is 104 Å². The van der Waals surface area contributed by atoms with Gasteiger partial charge in [-0.1, -0.05) is 121 Å². The monoisotopic (exact) mass is 762 g/mol. The van der Waals surface area contributed by atoms with Gasteiger partial charge in [0.25, 0.3) is 0 Å². The van der Waals surface area contributed by atoms with E-state index in [2.05, 4.69) is 178 Å². The Hall–Kier alpha value is -8.44. The summed E-state index contributed by atoms with van der Waals surface area (Å²) in [5, 5.41) is 14.1. The molecule has 4 heteroatoms. The third-order valence-corrected chi connectivity index (χ3v) is 11.8. The fourth-order valence-corrected chi connectivity index (χ4v) is 8.80. The molecule has 0 bridgehead atoms. The third kappa shape index (κ3) is 5.83. The summed E-state index contributed by atoms with van der Waals surface area (Å²) in [6, 6.07) is 74.9. The zero-order valence-corrected chi connectivity index (χ0v) is 32.4. The molecule has 0 fully saturated rings. The lowest BCUT2D eigenvalue weighted by atomic mass is 9.97. The highest BCUT2D eigenvalue weighted by molar-refractivity contribution is 6.13. The highest BCUT2D eigenvalue weighted by atomic mass is 15.0. The summed E-state index contributed by atoms with van der Waals surface area (Å²) < 4.78 is 4.70. The molecule has 0 atom stereocenters. The quantitative estimate of drug-likeness (QED) is 0.155. The zero-order chi connectivity index (χ0) is 40.2. The first kappa shape index (κ1) is 34.8. The summed E-state index contributed by atoms with van der Waals surface area (Å²) in [7, 11) is 0. The van der Waals surface area contributed by atoms with Crippen molar-refractivity contribution in [1.29, 1.82) is 5.26 Å². The van der Waals surface area contributed by atoms with Gasteiger partial charge in [-0.2, -0.15) is 5.26 Å². The number of para-hydroxylation sites is 2. The topological polar surface area (TPSA) is 38.0 Å². The molecule has 0 spiro atoms. The van der Waals surface area contributed by atoms with Crippen molar-refractivity contribution in [2.45, 2.75) is 0 Å². The maximum atomic E-state index is 9.37. The largest absolute Gasteiger partial charge is 0.309 e. The molecule has 2 heterocycles. The molecule has 0 saturated heterocycles. The number of fused-ring (bicyclic) bond motifs is 6. The molecule has 0 radical (unpaired) electrons. The molecule has 0 aliphatic rings. The van der Waals surface area contributed by atoms with E-state index in [1.54, 1.807) is 0 Å². The Balaban J connectivity index is 1.00. The number of hydrogen-bond donors (Lipinski definition) is 0. The molecule has 278 valence electrons. The lowest BCUT2D eigenvalue weighted by molar-refractivity contribution is 1.18. The van der Waals surface area contributed by atoms with Gasteiger partial charge in [-0.3, -0.25) is 0 Å². The maximum Gasteiger partial charge on any atom is 0.187 e. The fourth-order valence-electron chi connectivity index (χ4n) is 8.80. The van der Waals surface area contributed by atoms with Crippen molar-refractivity contribution in [2.75, 3.05) is 0 Å². The molecule has 0 amide bonds. The predicted molar refractivity (Wildman–Crippen MR) is 248 cm³/mol. The lowest BCUT2D eigenvalue weighted by Crippen LogP contribution is -1.93. The molecular weight excluding hydrogens is 729 g/mol. The van der Waals surface area contributed by atoms with Crippen LogP contribution in [-0.4, -0.2) is 9.13 Å². The number of nitriles is 1.